The third kappa shape index (κ3) is 3.79. The summed E-state index contributed by atoms with van der Waals surface area (Å²) in [6.07, 6.45) is 3.64. The lowest BCUT2D eigenvalue weighted by Gasteiger charge is -2.17. The van der Waals surface area contributed by atoms with Crippen LogP contribution in [0.2, 0.25) is 0 Å². The fourth-order valence-electron chi connectivity index (χ4n) is 3.45. The fraction of sp³-hybridized carbons (Fsp3) is 0.450. The summed E-state index contributed by atoms with van der Waals surface area (Å²) in [5, 5.41) is 5.80. The molecule has 6 nitrogen and oxygen atoms in total. The Morgan fingerprint density at radius 1 is 1.12 bits per heavy atom. The number of hydrogen-bond donors (Lipinski definition) is 2. The molecule has 1 aliphatic heterocycles. The molecule has 2 heterocycles. The maximum absolute atomic E-state index is 12.8. The molecule has 0 aliphatic carbocycles. The van der Waals surface area contributed by atoms with E-state index in [2.05, 4.69) is 21.7 Å². The van der Waals surface area contributed by atoms with Crippen molar-refractivity contribution in [3.8, 4) is 0 Å². The number of carbonyl (C=O) groups is 2. The predicted molar refractivity (Wildman–Crippen MR) is 102 cm³/mol. The van der Waals surface area contributed by atoms with Crippen LogP contribution in [0.25, 0.3) is 0 Å². The molecule has 0 atom stereocenters. The first kappa shape index (κ1) is 18.2. The first-order valence-corrected chi connectivity index (χ1v) is 9.27. The number of carbonyl (C=O) groups excluding carboxylic acids is 2. The molecule has 0 radical (unpaired) electrons. The maximum Gasteiger partial charge on any atom is 0.291 e. The molecule has 2 aromatic rings. The third-order valence-corrected chi connectivity index (χ3v) is 4.55. The lowest BCUT2D eigenvalue weighted by Crippen LogP contribution is -2.26. The molecule has 26 heavy (non-hydrogen) atoms. The Hall–Kier alpha value is -2.63. The normalized spacial score (nSPS) is 13.2. The van der Waals surface area contributed by atoms with E-state index in [1.54, 1.807) is 0 Å². The number of nitrogens with one attached hydrogen (secondary N) is 2. The van der Waals surface area contributed by atoms with Gasteiger partial charge in [-0.25, -0.2) is 4.98 Å². The maximum atomic E-state index is 12.8. The SMILES string of the molecule is CCCNC(=O)c1nc(C(=O)Nc2cc(C)cc(C)c2)n2c1CCCC2. The minimum absolute atomic E-state index is 0.192. The van der Waals surface area contributed by atoms with Crippen LogP contribution in [-0.2, 0) is 13.0 Å². The van der Waals surface area contributed by atoms with Gasteiger partial charge in [0.2, 0.25) is 0 Å². The summed E-state index contributed by atoms with van der Waals surface area (Å²) in [5.74, 6) is -0.142. The number of benzene rings is 1. The Morgan fingerprint density at radius 3 is 2.54 bits per heavy atom. The lowest BCUT2D eigenvalue weighted by atomic mass is 10.1. The van der Waals surface area contributed by atoms with E-state index in [0.717, 1.165) is 54.7 Å². The summed E-state index contributed by atoms with van der Waals surface area (Å²) < 4.78 is 1.91. The van der Waals surface area contributed by atoms with Gasteiger partial charge in [-0.15, -0.1) is 0 Å². The number of nitrogens with zero attached hydrogens (tertiary/aromatic N) is 2. The highest BCUT2D eigenvalue weighted by Crippen LogP contribution is 2.22. The summed E-state index contributed by atoms with van der Waals surface area (Å²) >= 11 is 0. The van der Waals surface area contributed by atoms with Crippen LogP contribution in [0.3, 0.4) is 0 Å². The summed E-state index contributed by atoms with van der Waals surface area (Å²) in [6.45, 7) is 7.33. The van der Waals surface area contributed by atoms with E-state index in [1.165, 1.54) is 0 Å². The molecular formula is C20H26N4O2. The van der Waals surface area contributed by atoms with Gasteiger partial charge in [-0.2, -0.15) is 0 Å². The van der Waals surface area contributed by atoms with Crippen molar-refractivity contribution >= 4 is 17.5 Å². The molecule has 2 N–H and O–H groups in total. The van der Waals surface area contributed by atoms with Gasteiger partial charge in [-0.1, -0.05) is 13.0 Å². The monoisotopic (exact) mass is 354 g/mol. The Balaban J connectivity index is 1.90. The molecule has 3 rings (SSSR count). The van der Waals surface area contributed by atoms with Gasteiger partial charge in [0.25, 0.3) is 11.8 Å². The highest BCUT2D eigenvalue weighted by atomic mass is 16.2. The number of amides is 2. The molecule has 0 saturated carbocycles. The summed E-state index contributed by atoms with van der Waals surface area (Å²) in [4.78, 5) is 29.7. The zero-order valence-electron chi connectivity index (χ0n) is 15.7. The molecule has 0 fully saturated rings. The number of aryl methyl sites for hydroxylation is 2. The average Bonchev–Trinajstić information content (AvgIpc) is 2.98. The largest absolute Gasteiger partial charge is 0.351 e. The number of rotatable bonds is 5. The second kappa shape index (κ2) is 7.72. The first-order chi connectivity index (χ1) is 12.5. The van der Waals surface area contributed by atoms with Crippen molar-refractivity contribution in [3.05, 3.63) is 46.5 Å². The van der Waals surface area contributed by atoms with Crippen LogP contribution in [0.1, 0.15) is 64.1 Å². The Kier molecular flexibility index (Phi) is 5.40. The minimum Gasteiger partial charge on any atom is -0.351 e. The fourth-order valence-corrected chi connectivity index (χ4v) is 3.45. The summed E-state index contributed by atoms with van der Waals surface area (Å²) in [6, 6.07) is 5.92. The van der Waals surface area contributed by atoms with Crippen molar-refractivity contribution in [1.82, 2.24) is 14.9 Å². The van der Waals surface area contributed by atoms with Crippen LogP contribution >= 0.6 is 0 Å². The van der Waals surface area contributed by atoms with Crippen molar-refractivity contribution < 1.29 is 9.59 Å². The average molecular weight is 354 g/mol. The molecule has 1 aromatic carbocycles. The molecule has 0 spiro atoms. The number of anilines is 1. The molecule has 6 heteroatoms. The van der Waals surface area contributed by atoms with Crippen molar-refractivity contribution in [2.24, 2.45) is 0 Å². The van der Waals surface area contributed by atoms with E-state index in [0.29, 0.717) is 18.1 Å². The van der Waals surface area contributed by atoms with E-state index in [4.69, 9.17) is 0 Å². The molecule has 1 aliphatic rings. The zero-order chi connectivity index (χ0) is 18.7. The summed E-state index contributed by atoms with van der Waals surface area (Å²) in [7, 11) is 0. The van der Waals surface area contributed by atoms with E-state index in [-0.39, 0.29) is 11.8 Å². The molecule has 0 unspecified atom stereocenters. The van der Waals surface area contributed by atoms with E-state index >= 15 is 0 Å². The number of fused-ring (bicyclic) bond motifs is 1. The second-order valence-electron chi connectivity index (χ2n) is 6.93. The molecule has 1 aromatic heterocycles. The van der Waals surface area contributed by atoms with Gasteiger partial charge in [-0.3, -0.25) is 9.59 Å². The van der Waals surface area contributed by atoms with Crippen LogP contribution in [0.15, 0.2) is 18.2 Å². The standard InChI is InChI=1S/C20H26N4O2/c1-4-8-21-19(25)17-16-7-5-6-9-24(16)18(23-17)20(26)22-15-11-13(2)10-14(3)12-15/h10-12H,4-9H2,1-3H3,(H,21,25)(H,22,26). The predicted octanol–water partition coefficient (Wildman–Crippen LogP) is 3.23. The zero-order valence-corrected chi connectivity index (χ0v) is 15.7. The number of imidazole rings is 1. The van der Waals surface area contributed by atoms with Crippen LogP contribution in [-0.4, -0.2) is 27.9 Å². The highest BCUT2D eigenvalue weighted by molar-refractivity contribution is 6.03. The Morgan fingerprint density at radius 2 is 1.85 bits per heavy atom. The molecule has 138 valence electrons. The highest BCUT2D eigenvalue weighted by Gasteiger charge is 2.27. The van der Waals surface area contributed by atoms with Crippen molar-refractivity contribution in [2.45, 2.75) is 53.0 Å². The van der Waals surface area contributed by atoms with Gasteiger partial charge < -0.3 is 15.2 Å². The van der Waals surface area contributed by atoms with Gasteiger partial charge in [0, 0.05) is 18.8 Å². The summed E-state index contributed by atoms with van der Waals surface area (Å²) in [5.41, 5.74) is 4.19. The van der Waals surface area contributed by atoms with E-state index < -0.39 is 0 Å². The smallest absolute Gasteiger partial charge is 0.291 e. The van der Waals surface area contributed by atoms with Crippen molar-refractivity contribution in [2.75, 3.05) is 11.9 Å². The minimum atomic E-state index is -0.271. The van der Waals surface area contributed by atoms with Gasteiger partial charge in [0.15, 0.2) is 5.82 Å². The van der Waals surface area contributed by atoms with E-state index in [9.17, 15) is 9.59 Å². The third-order valence-electron chi connectivity index (χ3n) is 4.55. The van der Waals surface area contributed by atoms with Crippen molar-refractivity contribution in [3.63, 3.8) is 0 Å². The lowest BCUT2D eigenvalue weighted by molar-refractivity contribution is 0.0947. The van der Waals surface area contributed by atoms with Crippen molar-refractivity contribution in [1.29, 1.82) is 0 Å². The van der Waals surface area contributed by atoms with Crippen LogP contribution < -0.4 is 10.6 Å². The molecule has 0 saturated heterocycles. The quantitative estimate of drug-likeness (QED) is 0.865. The van der Waals surface area contributed by atoms with Crippen LogP contribution in [0, 0.1) is 13.8 Å². The topological polar surface area (TPSA) is 76.0 Å². The first-order valence-electron chi connectivity index (χ1n) is 9.27. The number of hydrogen-bond acceptors (Lipinski definition) is 3. The van der Waals surface area contributed by atoms with Gasteiger partial charge in [-0.05, 0) is 62.8 Å². The van der Waals surface area contributed by atoms with Gasteiger partial charge >= 0.3 is 0 Å². The van der Waals surface area contributed by atoms with E-state index in [1.807, 2.05) is 37.5 Å². The molecule has 0 bridgehead atoms. The molecule has 2 amide bonds. The Labute approximate surface area is 154 Å². The molecular weight excluding hydrogens is 328 g/mol. The van der Waals surface area contributed by atoms with Crippen LogP contribution in [0.4, 0.5) is 5.69 Å². The number of aromatic nitrogens is 2. The van der Waals surface area contributed by atoms with Gasteiger partial charge in [0.1, 0.15) is 5.69 Å². The van der Waals surface area contributed by atoms with Gasteiger partial charge in [0.05, 0.1) is 5.69 Å². The second-order valence-corrected chi connectivity index (χ2v) is 6.93. The Bertz CT molecular complexity index is 818. The van der Waals surface area contributed by atoms with Crippen LogP contribution in [0.5, 0.6) is 0 Å².